The zero-order valence-corrected chi connectivity index (χ0v) is 10.7. The van der Waals surface area contributed by atoms with Gasteiger partial charge < -0.3 is 10.0 Å². The normalized spacial score (nSPS) is 15.1. The number of carboxylic acid groups (broad SMARTS) is 1. The first-order chi connectivity index (χ1) is 9.49. The molecule has 20 heavy (non-hydrogen) atoms. The molecule has 0 spiro atoms. The number of carbonyl (C=O) groups is 2. The summed E-state index contributed by atoms with van der Waals surface area (Å²) in [5, 5.41) is 23.1. The maximum absolute atomic E-state index is 12.0. The van der Waals surface area contributed by atoms with Crippen LogP contribution >= 0.6 is 0 Å². The van der Waals surface area contributed by atoms with Crippen molar-refractivity contribution in [3.8, 4) is 0 Å². The third-order valence-corrected chi connectivity index (χ3v) is 3.15. The molecule has 1 aromatic rings. The van der Waals surface area contributed by atoms with Crippen molar-refractivity contribution in [3.63, 3.8) is 0 Å². The molecule has 0 aliphatic carbocycles. The number of carboxylic acids is 1. The van der Waals surface area contributed by atoms with E-state index in [1.54, 1.807) is 4.90 Å². The van der Waals surface area contributed by atoms with Gasteiger partial charge in [0.1, 0.15) is 12.7 Å². The van der Waals surface area contributed by atoms with Gasteiger partial charge in [0.25, 0.3) is 0 Å². The van der Waals surface area contributed by atoms with Crippen LogP contribution in [0.3, 0.4) is 0 Å². The van der Waals surface area contributed by atoms with E-state index in [2.05, 4.69) is 5.10 Å². The molecule has 9 nitrogen and oxygen atoms in total. The maximum atomic E-state index is 12.0. The Hall–Kier alpha value is -2.45. The highest BCUT2D eigenvalue weighted by Crippen LogP contribution is 2.17. The Bertz CT molecular complexity index is 516. The lowest BCUT2D eigenvalue weighted by Crippen LogP contribution is -2.37. The number of likely N-dealkylation sites (tertiary alicyclic amines) is 1. The predicted octanol–water partition coefficient (Wildman–Crippen LogP) is 0.502. The molecule has 1 amide bonds. The second-order valence-electron chi connectivity index (χ2n) is 4.56. The monoisotopic (exact) mass is 282 g/mol. The minimum absolute atomic E-state index is 0.186. The Morgan fingerprint density at radius 1 is 1.35 bits per heavy atom. The van der Waals surface area contributed by atoms with Crippen LogP contribution in [0, 0.1) is 10.1 Å². The van der Waals surface area contributed by atoms with Crippen LogP contribution in [0.25, 0.3) is 0 Å². The van der Waals surface area contributed by atoms with E-state index >= 15 is 0 Å². The summed E-state index contributed by atoms with van der Waals surface area (Å²) in [5.41, 5.74) is -1.26. The van der Waals surface area contributed by atoms with Crippen LogP contribution in [-0.4, -0.2) is 49.7 Å². The average molecular weight is 282 g/mol. The molecule has 0 atom stereocenters. The van der Waals surface area contributed by atoms with Crippen LogP contribution in [0.15, 0.2) is 6.20 Å². The number of aromatic carboxylic acids is 1. The summed E-state index contributed by atoms with van der Waals surface area (Å²) in [6.07, 6.45) is 3.93. The molecule has 0 radical (unpaired) electrons. The number of rotatable bonds is 4. The lowest BCUT2D eigenvalue weighted by Gasteiger charge is -2.26. The Morgan fingerprint density at radius 2 is 2.00 bits per heavy atom. The zero-order chi connectivity index (χ0) is 14.7. The maximum Gasteiger partial charge on any atom is 0.363 e. The molecule has 0 aromatic carbocycles. The third-order valence-electron chi connectivity index (χ3n) is 3.15. The van der Waals surface area contributed by atoms with Crippen LogP contribution < -0.4 is 0 Å². The number of aromatic nitrogens is 2. The van der Waals surface area contributed by atoms with Gasteiger partial charge in [-0.15, -0.1) is 0 Å². The molecule has 0 unspecified atom stereocenters. The molecule has 2 heterocycles. The van der Waals surface area contributed by atoms with Crippen molar-refractivity contribution in [1.82, 2.24) is 14.7 Å². The van der Waals surface area contributed by atoms with Gasteiger partial charge in [0.15, 0.2) is 0 Å². The van der Waals surface area contributed by atoms with Gasteiger partial charge in [-0.1, -0.05) is 0 Å². The number of carbonyl (C=O) groups excluding carboxylic acids is 1. The van der Waals surface area contributed by atoms with Gasteiger partial charge in [0.05, 0.1) is 4.92 Å². The van der Waals surface area contributed by atoms with Gasteiger partial charge in [-0.05, 0) is 19.3 Å². The average Bonchev–Trinajstić information content (AvgIpc) is 2.84. The molecule has 0 saturated carbocycles. The lowest BCUT2D eigenvalue weighted by atomic mass is 10.1. The summed E-state index contributed by atoms with van der Waals surface area (Å²) in [4.78, 5) is 34.4. The summed E-state index contributed by atoms with van der Waals surface area (Å²) in [6.45, 7) is 1.14. The van der Waals surface area contributed by atoms with Crippen LogP contribution in [-0.2, 0) is 11.3 Å². The number of nitro groups is 1. The highest BCUT2D eigenvalue weighted by molar-refractivity contribution is 5.90. The van der Waals surface area contributed by atoms with E-state index in [1.807, 2.05) is 0 Å². The summed E-state index contributed by atoms with van der Waals surface area (Å²) >= 11 is 0. The molecule has 1 N–H and O–H groups in total. The Labute approximate surface area is 113 Å². The fraction of sp³-hybridized carbons (Fsp3) is 0.545. The van der Waals surface area contributed by atoms with Crippen molar-refractivity contribution >= 4 is 17.6 Å². The summed E-state index contributed by atoms with van der Waals surface area (Å²) in [6, 6.07) is 0. The molecule has 2 rings (SSSR count). The SMILES string of the molecule is O=C(O)c1nn(CC(=O)N2CCCCC2)cc1[N+](=O)[O-]. The fourth-order valence-corrected chi connectivity index (χ4v) is 2.16. The second kappa shape index (κ2) is 5.68. The molecule has 1 fully saturated rings. The minimum Gasteiger partial charge on any atom is -0.476 e. The zero-order valence-electron chi connectivity index (χ0n) is 10.7. The molecular weight excluding hydrogens is 268 g/mol. The van der Waals surface area contributed by atoms with Gasteiger partial charge in [-0.2, -0.15) is 5.10 Å². The largest absolute Gasteiger partial charge is 0.476 e. The van der Waals surface area contributed by atoms with Crippen LogP contribution in [0.1, 0.15) is 29.8 Å². The molecular formula is C11H14N4O5. The molecule has 108 valence electrons. The first kappa shape index (κ1) is 14.0. The van der Waals surface area contributed by atoms with E-state index in [1.165, 1.54) is 0 Å². The Balaban J connectivity index is 2.13. The molecule has 9 heteroatoms. The summed E-state index contributed by atoms with van der Waals surface area (Å²) < 4.78 is 1.01. The van der Waals surface area contributed by atoms with Crippen molar-refractivity contribution in [2.24, 2.45) is 0 Å². The second-order valence-corrected chi connectivity index (χ2v) is 4.56. The van der Waals surface area contributed by atoms with Gasteiger partial charge in [0.2, 0.25) is 11.6 Å². The van der Waals surface area contributed by atoms with Crippen molar-refractivity contribution < 1.29 is 19.6 Å². The number of hydrogen-bond acceptors (Lipinski definition) is 5. The van der Waals surface area contributed by atoms with E-state index in [0.717, 1.165) is 30.1 Å². The van der Waals surface area contributed by atoms with Gasteiger partial charge in [-0.3, -0.25) is 19.6 Å². The summed E-state index contributed by atoms with van der Waals surface area (Å²) in [5.74, 6) is -1.69. The van der Waals surface area contributed by atoms with Crippen LogP contribution in [0.5, 0.6) is 0 Å². The van der Waals surface area contributed by atoms with Crippen molar-refractivity contribution in [3.05, 3.63) is 22.0 Å². The summed E-state index contributed by atoms with van der Waals surface area (Å²) in [7, 11) is 0. The predicted molar refractivity (Wildman–Crippen MR) is 66.3 cm³/mol. The van der Waals surface area contributed by atoms with Crippen LogP contribution in [0.4, 0.5) is 5.69 Å². The first-order valence-corrected chi connectivity index (χ1v) is 6.22. The van der Waals surface area contributed by atoms with E-state index < -0.39 is 22.3 Å². The van der Waals surface area contributed by atoms with Gasteiger partial charge in [-0.25, -0.2) is 4.79 Å². The van der Waals surface area contributed by atoms with Gasteiger partial charge in [0, 0.05) is 13.1 Å². The fourth-order valence-electron chi connectivity index (χ4n) is 2.16. The molecule has 1 aliphatic heterocycles. The Morgan fingerprint density at radius 3 is 2.50 bits per heavy atom. The quantitative estimate of drug-likeness (QED) is 0.634. The standard InChI is InChI=1S/C11H14N4O5/c16-9(13-4-2-1-3-5-13)7-14-6-8(15(19)20)10(12-14)11(17)18/h6H,1-5,7H2,(H,17,18). The lowest BCUT2D eigenvalue weighted by molar-refractivity contribution is -0.385. The van der Waals surface area contributed by atoms with Gasteiger partial charge >= 0.3 is 11.7 Å². The number of nitrogens with zero attached hydrogens (tertiary/aromatic N) is 4. The molecule has 1 aromatic heterocycles. The Kier molecular flexibility index (Phi) is 3.97. The topological polar surface area (TPSA) is 119 Å². The molecule has 1 aliphatic rings. The van der Waals surface area contributed by atoms with E-state index in [-0.39, 0.29) is 12.5 Å². The van der Waals surface area contributed by atoms with E-state index in [0.29, 0.717) is 13.1 Å². The van der Waals surface area contributed by atoms with Crippen molar-refractivity contribution in [2.45, 2.75) is 25.8 Å². The van der Waals surface area contributed by atoms with Crippen molar-refractivity contribution in [1.29, 1.82) is 0 Å². The minimum atomic E-state index is -1.49. The van der Waals surface area contributed by atoms with E-state index in [4.69, 9.17) is 5.11 Å². The highest BCUT2D eigenvalue weighted by Gasteiger charge is 2.26. The third kappa shape index (κ3) is 2.92. The number of piperidine rings is 1. The molecule has 0 bridgehead atoms. The number of amides is 1. The highest BCUT2D eigenvalue weighted by atomic mass is 16.6. The number of hydrogen-bond donors (Lipinski definition) is 1. The van der Waals surface area contributed by atoms with Crippen molar-refractivity contribution in [2.75, 3.05) is 13.1 Å². The molecule has 1 saturated heterocycles. The van der Waals surface area contributed by atoms with E-state index in [9.17, 15) is 19.7 Å². The smallest absolute Gasteiger partial charge is 0.363 e. The first-order valence-electron chi connectivity index (χ1n) is 6.22. The van der Waals surface area contributed by atoms with Crippen LogP contribution in [0.2, 0.25) is 0 Å².